The van der Waals surface area contributed by atoms with Gasteiger partial charge in [0.1, 0.15) is 0 Å². The number of nitrogens with zero attached hydrogens (tertiary/aromatic N) is 2. The number of amides is 2. The standard InChI is InChI=1S/C13H20N2OS/c1-3-5-11-14(13(16)15(17)4-2)12-9-7-6-8-10-12/h6-10,17H,3-5,11H2,1-2H3. The second kappa shape index (κ2) is 7.22. The van der Waals surface area contributed by atoms with Crippen molar-refractivity contribution in [3.8, 4) is 0 Å². The molecule has 0 bridgehead atoms. The predicted molar refractivity (Wildman–Crippen MR) is 75.5 cm³/mol. The fourth-order valence-corrected chi connectivity index (χ4v) is 1.64. The number of hydrogen-bond acceptors (Lipinski definition) is 2. The van der Waals surface area contributed by atoms with Crippen molar-refractivity contribution in [1.29, 1.82) is 0 Å². The third kappa shape index (κ3) is 3.97. The van der Waals surface area contributed by atoms with Crippen LogP contribution in [0.25, 0.3) is 0 Å². The Labute approximate surface area is 109 Å². The molecule has 0 radical (unpaired) electrons. The molecule has 0 atom stereocenters. The zero-order valence-corrected chi connectivity index (χ0v) is 11.4. The summed E-state index contributed by atoms with van der Waals surface area (Å²) < 4.78 is 1.43. The van der Waals surface area contributed by atoms with Crippen molar-refractivity contribution in [1.82, 2.24) is 4.31 Å². The minimum atomic E-state index is -0.0597. The number of carbonyl (C=O) groups excluding carboxylic acids is 1. The van der Waals surface area contributed by atoms with E-state index >= 15 is 0 Å². The van der Waals surface area contributed by atoms with E-state index < -0.39 is 0 Å². The van der Waals surface area contributed by atoms with Crippen LogP contribution in [0.5, 0.6) is 0 Å². The van der Waals surface area contributed by atoms with Crippen molar-refractivity contribution in [2.24, 2.45) is 0 Å². The lowest BCUT2D eigenvalue weighted by atomic mass is 10.2. The third-order valence-corrected chi connectivity index (χ3v) is 3.01. The van der Waals surface area contributed by atoms with E-state index in [4.69, 9.17) is 0 Å². The molecule has 0 fully saturated rings. The fourth-order valence-electron chi connectivity index (χ4n) is 1.53. The van der Waals surface area contributed by atoms with Crippen LogP contribution < -0.4 is 4.90 Å². The van der Waals surface area contributed by atoms with Gasteiger partial charge in [-0.3, -0.25) is 9.21 Å². The summed E-state index contributed by atoms with van der Waals surface area (Å²) in [5, 5.41) is 0. The van der Waals surface area contributed by atoms with Crippen LogP contribution in [0, 0.1) is 0 Å². The first-order valence-electron chi connectivity index (χ1n) is 6.03. The second-order valence-electron chi connectivity index (χ2n) is 3.84. The summed E-state index contributed by atoms with van der Waals surface area (Å²) in [4.78, 5) is 13.9. The maximum atomic E-state index is 12.2. The monoisotopic (exact) mass is 252 g/mol. The largest absolute Gasteiger partial charge is 0.334 e. The Balaban J connectivity index is 2.84. The van der Waals surface area contributed by atoms with Crippen molar-refractivity contribution in [2.75, 3.05) is 18.0 Å². The lowest BCUT2D eigenvalue weighted by molar-refractivity contribution is 0.233. The summed E-state index contributed by atoms with van der Waals surface area (Å²) in [6.07, 6.45) is 2.06. The highest BCUT2D eigenvalue weighted by molar-refractivity contribution is 7.78. The highest BCUT2D eigenvalue weighted by Crippen LogP contribution is 2.17. The minimum absolute atomic E-state index is 0.0597. The average Bonchev–Trinajstić information content (AvgIpc) is 2.39. The van der Waals surface area contributed by atoms with Gasteiger partial charge in [0.05, 0.1) is 0 Å². The van der Waals surface area contributed by atoms with E-state index in [-0.39, 0.29) is 6.03 Å². The van der Waals surface area contributed by atoms with E-state index in [0.29, 0.717) is 6.54 Å². The van der Waals surface area contributed by atoms with E-state index in [1.165, 1.54) is 4.31 Å². The van der Waals surface area contributed by atoms with Crippen LogP contribution in [0.3, 0.4) is 0 Å². The van der Waals surface area contributed by atoms with Crippen molar-refractivity contribution < 1.29 is 4.79 Å². The predicted octanol–water partition coefficient (Wildman–Crippen LogP) is 3.58. The number of thiol groups is 1. The van der Waals surface area contributed by atoms with Crippen molar-refractivity contribution >= 4 is 24.5 Å². The molecule has 1 aromatic rings. The first-order chi connectivity index (χ1) is 8.20. The molecule has 0 unspecified atom stereocenters. The molecule has 3 nitrogen and oxygen atoms in total. The van der Waals surface area contributed by atoms with Gasteiger partial charge in [0.25, 0.3) is 0 Å². The number of rotatable bonds is 5. The van der Waals surface area contributed by atoms with Crippen molar-refractivity contribution in [2.45, 2.75) is 26.7 Å². The van der Waals surface area contributed by atoms with Crippen LogP contribution >= 0.6 is 12.8 Å². The molecule has 0 aliphatic heterocycles. The number of benzene rings is 1. The van der Waals surface area contributed by atoms with Gasteiger partial charge in [-0.2, -0.15) is 0 Å². The normalized spacial score (nSPS) is 10.1. The Morgan fingerprint density at radius 2 is 1.88 bits per heavy atom. The van der Waals surface area contributed by atoms with Crippen LogP contribution in [-0.2, 0) is 0 Å². The molecule has 0 N–H and O–H groups in total. The molecular weight excluding hydrogens is 232 g/mol. The highest BCUT2D eigenvalue weighted by Gasteiger charge is 2.18. The molecule has 0 spiro atoms. The Hall–Kier alpha value is -1.16. The molecule has 0 heterocycles. The van der Waals surface area contributed by atoms with Gasteiger partial charge in [0.2, 0.25) is 0 Å². The minimum Gasteiger partial charge on any atom is -0.294 e. The summed E-state index contributed by atoms with van der Waals surface area (Å²) in [5.74, 6) is 0. The Bertz CT molecular complexity index is 343. The molecule has 94 valence electrons. The summed E-state index contributed by atoms with van der Waals surface area (Å²) in [6.45, 7) is 5.35. The van der Waals surface area contributed by atoms with E-state index in [1.807, 2.05) is 37.3 Å². The highest BCUT2D eigenvalue weighted by atomic mass is 32.1. The van der Waals surface area contributed by atoms with Crippen LogP contribution in [0.2, 0.25) is 0 Å². The number of carbonyl (C=O) groups is 1. The molecule has 0 saturated heterocycles. The Morgan fingerprint density at radius 3 is 2.41 bits per heavy atom. The number of anilines is 1. The topological polar surface area (TPSA) is 23.6 Å². The molecule has 4 heteroatoms. The van der Waals surface area contributed by atoms with Gasteiger partial charge in [-0.05, 0) is 25.5 Å². The van der Waals surface area contributed by atoms with Crippen LogP contribution in [0.4, 0.5) is 10.5 Å². The SMILES string of the molecule is CCCCN(C(=O)N(S)CC)c1ccccc1. The van der Waals surface area contributed by atoms with Crippen molar-refractivity contribution in [3.63, 3.8) is 0 Å². The Morgan fingerprint density at radius 1 is 1.24 bits per heavy atom. The summed E-state index contributed by atoms with van der Waals surface area (Å²) in [5.41, 5.74) is 0.929. The zero-order chi connectivity index (χ0) is 12.7. The van der Waals surface area contributed by atoms with Gasteiger partial charge in [0.15, 0.2) is 0 Å². The van der Waals surface area contributed by atoms with E-state index in [1.54, 1.807) is 4.90 Å². The summed E-state index contributed by atoms with van der Waals surface area (Å²) in [7, 11) is 0. The second-order valence-corrected chi connectivity index (χ2v) is 4.32. The van der Waals surface area contributed by atoms with Crippen LogP contribution in [-0.4, -0.2) is 23.4 Å². The van der Waals surface area contributed by atoms with E-state index in [0.717, 1.165) is 25.1 Å². The van der Waals surface area contributed by atoms with Gasteiger partial charge in [-0.25, -0.2) is 4.79 Å². The number of para-hydroxylation sites is 1. The summed E-state index contributed by atoms with van der Waals surface area (Å²) in [6, 6.07) is 9.67. The summed E-state index contributed by atoms with van der Waals surface area (Å²) >= 11 is 4.18. The Kier molecular flexibility index (Phi) is 5.91. The van der Waals surface area contributed by atoms with Crippen molar-refractivity contribution in [3.05, 3.63) is 30.3 Å². The van der Waals surface area contributed by atoms with E-state index in [2.05, 4.69) is 19.7 Å². The fraction of sp³-hybridized carbons (Fsp3) is 0.462. The maximum absolute atomic E-state index is 12.2. The van der Waals surface area contributed by atoms with Gasteiger partial charge in [-0.15, -0.1) is 0 Å². The first kappa shape index (κ1) is 13.9. The van der Waals surface area contributed by atoms with Gasteiger partial charge >= 0.3 is 6.03 Å². The zero-order valence-electron chi connectivity index (χ0n) is 10.5. The van der Waals surface area contributed by atoms with E-state index in [9.17, 15) is 4.79 Å². The third-order valence-electron chi connectivity index (χ3n) is 2.55. The van der Waals surface area contributed by atoms with Crippen LogP contribution in [0.15, 0.2) is 30.3 Å². The van der Waals surface area contributed by atoms with Crippen LogP contribution in [0.1, 0.15) is 26.7 Å². The molecule has 0 saturated carbocycles. The van der Waals surface area contributed by atoms with Gasteiger partial charge in [-0.1, -0.05) is 44.4 Å². The number of hydrogen-bond donors (Lipinski definition) is 1. The lowest BCUT2D eigenvalue weighted by Gasteiger charge is -2.26. The number of unbranched alkanes of at least 4 members (excludes halogenated alkanes) is 1. The molecule has 0 aliphatic carbocycles. The molecule has 1 aromatic carbocycles. The molecule has 17 heavy (non-hydrogen) atoms. The van der Waals surface area contributed by atoms with Gasteiger partial charge in [0, 0.05) is 18.8 Å². The molecule has 1 rings (SSSR count). The quantitative estimate of drug-likeness (QED) is 0.796. The molecule has 2 amide bonds. The average molecular weight is 252 g/mol. The smallest absolute Gasteiger partial charge is 0.294 e. The molecule has 0 aromatic heterocycles. The lowest BCUT2D eigenvalue weighted by Crippen LogP contribution is -2.39. The maximum Gasteiger partial charge on any atom is 0.334 e. The molecule has 0 aliphatic rings. The van der Waals surface area contributed by atoms with Gasteiger partial charge < -0.3 is 0 Å². The molecular formula is C13H20N2OS. The first-order valence-corrected chi connectivity index (χ1v) is 6.43. The number of urea groups is 1.